The molecule has 0 unspecified atom stereocenters. The van der Waals surface area contributed by atoms with E-state index >= 15 is 0 Å². The molecule has 0 aliphatic heterocycles. The number of aliphatic carboxylic acids is 1. The zero-order valence-corrected chi connectivity index (χ0v) is 9.06. The van der Waals surface area contributed by atoms with Gasteiger partial charge in [-0.3, -0.25) is 0 Å². The maximum atomic E-state index is 10.8. The van der Waals surface area contributed by atoms with Crippen LogP contribution in [0, 0.1) is 5.92 Å². The van der Waals surface area contributed by atoms with E-state index < -0.39 is 18.0 Å². The maximum absolute atomic E-state index is 10.8. The second-order valence-electron chi connectivity index (χ2n) is 5.03. The van der Waals surface area contributed by atoms with E-state index in [0.29, 0.717) is 10.9 Å². The van der Waals surface area contributed by atoms with E-state index in [1.54, 1.807) is 0 Å². The van der Waals surface area contributed by atoms with Crippen molar-refractivity contribution in [2.24, 2.45) is 5.92 Å². The Hall–Kier alpha value is -0.610. The molecule has 0 amide bonds. The Kier molecular flexibility index (Phi) is 3.17. The van der Waals surface area contributed by atoms with Crippen LogP contribution in [0.3, 0.4) is 0 Å². The minimum Gasteiger partial charge on any atom is -0.550 e. The molecule has 0 radical (unpaired) electrons. The maximum Gasteiger partial charge on any atom is 0.115 e. The number of aliphatic hydroxyl groups excluding tert-OH is 1. The normalized spacial score (nSPS) is 34.1. The van der Waals surface area contributed by atoms with Crippen molar-refractivity contribution in [3.05, 3.63) is 0 Å². The Bertz CT molecular complexity index is 222. The first-order chi connectivity index (χ1) is 6.34. The molecule has 1 aliphatic carbocycles. The Morgan fingerprint density at radius 2 is 1.93 bits per heavy atom. The highest BCUT2D eigenvalue weighted by molar-refractivity contribution is 5.68. The van der Waals surface area contributed by atoms with Gasteiger partial charge in [0.15, 0.2) is 0 Å². The third kappa shape index (κ3) is 2.25. The van der Waals surface area contributed by atoms with Gasteiger partial charge in [-0.2, -0.15) is 0 Å². The van der Waals surface area contributed by atoms with Crippen LogP contribution in [0.4, 0.5) is 0 Å². The third-order valence-electron chi connectivity index (χ3n) is 3.12. The summed E-state index contributed by atoms with van der Waals surface area (Å²) >= 11 is 0. The van der Waals surface area contributed by atoms with Crippen molar-refractivity contribution in [2.45, 2.75) is 31.4 Å². The monoisotopic (exact) mass is 201 g/mol. The summed E-state index contributed by atoms with van der Waals surface area (Å²) in [5.74, 6) is -1.80. The van der Waals surface area contributed by atoms with Crippen molar-refractivity contribution < 1.29 is 19.5 Å². The fourth-order valence-electron chi connectivity index (χ4n) is 2.26. The van der Waals surface area contributed by atoms with Crippen LogP contribution in [0.15, 0.2) is 0 Å². The van der Waals surface area contributed by atoms with Gasteiger partial charge >= 0.3 is 0 Å². The molecule has 4 nitrogen and oxygen atoms in total. The quantitative estimate of drug-likeness (QED) is 0.581. The molecular weight excluding hydrogens is 182 g/mol. The number of hydrogen-bond acceptors (Lipinski definition) is 3. The summed E-state index contributed by atoms with van der Waals surface area (Å²) in [4.78, 5) is 10.8. The molecule has 1 N–H and O–H groups in total. The summed E-state index contributed by atoms with van der Waals surface area (Å²) in [5, 5.41) is 20.7. The van der Waals surface area contributed by atoms with E-state index in [2.05, 4.69) is 0 Å². The number of likely N-dealkylation sites (N-methyl/N-ethyl adjacent to an activating group) is 1. The second kappa shape index (κ2) is 3.87. The molecule has 0 saturated heterocycles. The predicted octanol–water partition coefficient (Wildman–Crippen LogP) is -1.03. The molecule has 1 fully saturated rings. The Morgan fingerprint density at radius 3 is 2.36 bits per heavy atom. The summed E-state index contributed by atoms with van der Waals surface area (Å²) in [6, 6.07) is 0.00616. The molecule has 1 saturated carbocycles. The predicted molar refractivity (Wildman–Crippen MR) is 50.2 cm³/mol. The van der Waals surface area contributed by atoms with E-state index in [1.165, 1.54) is 0 Å². The Labute approximate surface area is 84.7 Å². The van der Waals surface area contributed by atoms with Gasteiger partial charge in [0.25, 0.3) is 0 Å². The molecule has 0 aromatic heterocycles. The van der Waals surface area contributed by atoms with Crippen LogP contribution in [-0.2, 0) is 4.79 Å². The van der Waals surface area contributed by atoms with Gasteiger partial charge in [0.05, 0.1) is 21.1 Å². The first-order valence-corrected chi connectivity index (χ1v) is 5.04. The van der Waals surface area contributed by atoms with E-state index in [0.717, 1.165) is 12.8 Å². The molecule has 0 aromatic carbocycles. The van der Waals surface area contributed by atoms with Gasteiger partial charge in [-0.1, -0.05) is 0 Å². The number of carbonyl (C=O) groups excluding carboxylic acids is 1. The molecule has 82 valence electrons. The average Bonchev–Trinajstić information content (AvgIpc) is 2.01. The zero-order chi connectivity index (χ0) is 10.9. The van der Waals surface area contributed by atoms with E-state index in [-0.39, 0.29) is 6.04 Å². The van der Waals surface area contributed by atoms with Gasteiger partial charge in [-0.05, 0) is 12.8 Å². The van der Waals surface area contributed by atoms with Crippen LogP contribution in [0.2, 0.25) is 0 Å². The molecular formula is C10H19NO3. The number of carboxylic acids is 1. The minimum atomic E-state index is -1.12. The molecule has 1 rings (SSSR count). The van der Waals surface area contributed by atoms with Crippen molar-refractivity contribution >= 4 is 5.97 Å². The van der Waals surface area contributed by atoms with Gasteiger partial charge in [0, 0.05) is 18.3 Å². The third-order valence-corrected chi connectivity index (χ3v) is 3.12. The first-order valence-electron chi connectivity index (χ1n) is 5.04. The smallest absolute Gasteiger partial charge is 0.115 e. The van der Waals surface area contributed by atoms with Crippen LogP contribution in [0.5, 0.6) is 0 Å². The summed E-state index contributed by atoms with van der Waals surface area (Å²) < 4.78 is 0.602. The number of aliphatic hydroxyl groups is 1. The van der Waals surface area contributed by atoms with Crippen molar-refractivity contribution in [1.29, 1.82) is 0 Å². The number of carbonyl (C=O) groups is 1. The molecule has 0 aromatic rings. The molecule has 0 heterocycles. The average molecular weight is 201 g/mol. The van der Waals surface area contributed by atoms with Crippen LogP contribution < -0.4 is 5.11 Å². The topological polar surface area (TPSA) is 60.4 Å². The van der Waals surface area contributed by atoms with Gasteiger partial charge in [0.1, 0.15) is 12.1 Å². The van der Waals surface area contributed by atoms with Crippen LogP contribution >= 0.6 is 0 Å². The molecule has 1 aliphatic rings. The standard InChI is InChI=1S/C10H19NO3/c1-11(2,3)8-6-4-5-7(9(8)12)10(13)14/h7-9,12H,4-6H2,1-3H3/t7-,8-,9-/m1/s1. The number of carboxylic acid groups (broad SMARTS) is 1. The summed E-state index contributed by atoms with van der Waals surface area (Å²) in [6.07, 6.45) is 1.51. The number of hydrogen-bond donors (Lipinski definition) is 1. The number of quaternary nitrogens is 1. The van der Waals surface area contributed by atoms with Gasteiger partial charge in [-0.25, -0.2) is 0 Å². The number of nitrogens with zero attached hydrogens (tertiary/aromatic N) is 1. The lowest BCUT2D eigenvalue weighted by Gasteiger charge is -2.43. The minimum absolute atomic E-state index is 0.00616. The van der Waals surface area contributed by atoms with Crippen LogP contribution in [0.1, 0.15) is 19.3 Å². The highest BCUT2D eigenvalue weighted by Crippen LogP contribution is 2.29. The summed E-state index contributed by atoms with van der Waals surface area (Å²) in [5.41, 5.74) is 0. The zero-order valence-electron chi connectivity index (χ0n) is 9.06. The van der Waals surface area contributed by atoms with Crippen LogP contribution in [-0.4, -0.2) is 48.8 Å². The fraction of sp³-hybridized carbons (Fsp3) is 0.900. The lowest BCUT2D eigenvalue weighted by molar-refractivity contribution is -0.901. The van der Waals surface area contributed by atoms with Gasteiger partial charge in [-0.15, -0.1) is 0 Å². The van der Waals surface area contributed by atoms with Crippen LogP contribution in [0.25, 0.3) is 0 Å². The lowest BCUT2D eigenvalue weighted by Crippen LogP contribution is -2.58. The summed E-state index contributed by atoms with van der Waals surface area (Å²) in [7, 11) is 5.93. The number of rotatable bonds is 2. The highest BCUT2D eigenvalue weighted by Gasteiger charge is 2.39. The van der Waals surface area contributed by atoms with E-state index in [9.17, 15) is 15.0 Å². The van der Waals surface area contributed by atoms with Crippen molar-refractivity contribution in [2.75, 3.05) is 21.1 Å². The largest absolute Gasteiger partial charge is 0.550 e. The van der Waals surface area contributed by atoms with Crippen molar-refractivity contribution in [3.8, 4) is 0 Å². The lowest BCUT2D eigenvalue weighted by atomic mass is 9.82. The SMILES string of the molecule is C[N+](C)(C)[C@@H]1CCC[C@@H](C(=O)[O-])[C@H]1O. The summed E-state index contributed by atoms with van der Waals surface area (Å²) in [6.45, 7) is 0. The second-order valence-corrected chi connectivity index (χ2v) is 5.03. The van der Waals surface area contributed by atoms with Crippen molar-refractivity contribution in [3.63, 3.8) is 0 Å². The molecule has 14 heavy (non-hydrogen) atoms. The molecule has 0 bridgehead atoms. The molecule has 0 spiro atoms. The molecule has 3 atom stereocenters. The van der Waals surface area contributed by atoms with Crippen molar-refractivity contribution in [1.82, 2.24) is 0 Å². The highest BCUT2D eigenvalue weighted by atomic mass is 16.4. The van der Waals surface area contributed by atoms with Gasteiger partial charge in [0.2, 0.25) is 0 Å². The van der Waals surface area contributed by atoms with Gasteiger partial charge < -0.3 is 19.5 Å². The van der Waals surface area contributed by atoms with E-state index in [1.807, 2.05) is 21.1 Å². The van der Waals surface area contributed by atoms with E-state index in [4.69, 9.17) is 0 Å². The molecule has 4 heteroatoms. The Morgan fingerprint density at radius 1 is 1.36 bits per heavy atom. The first kappa shape index (κ1) is 11.5. The fourth-order valence-corrected chi connectivity index (χ4v) is 2.26. The Balaban J connectivity index is 2.76.